The molecule has 0 aromatic carbocycles. The van der Waals surface area contributed by atoms with Gasteiger partial charge in [0.2, 0.25) is 0 Å². The minimum atomic E-state index is -0.966. The van der Waals surface area contributed by atoms with E-state index >= 15 is 0 Å². The minimum Gasteiger partial charge on any atom is -0.376 e. The Balaban J connectivity index is 2.63. The summed E-state index contributed by atoms with van der Waals surface area (Å²) in [6, 6.07) is 0. The van der Waals surface area contributed by atoms with Crippen LogP contribution in [0.15, 0.2) is 0 Å². The smallest absolute Gasteiger partial charge is 0.127 e. The average molecular weight is 260 g/mol. The fourth-order valence-electron chi connectivity index (χ4n) is 2.16. The van der Waals surface area contributed by atoms with Crippen molar-refractivity contribution in [3.05, 3.63) is 0 Å². The molecule has 5 heteroatoms. The Hall–Kier alpha value is -0.125. The summed E-state index contributed by atoms with van der Waals surface area (Å²) in [5, 5.41) is 0. The highest BCUT2D eigenvalue weighted by Gasteiger charge is 2.41. The van der Waals surface area contributed by atoms with E-state index in [2.05, 4.69) is 0 Å². The Morgan fingerprint density at radius 3 is 2.44 bits per heavy atom. The molecule has 3 nitrogen and oxygen atoms in total. The van der Waals surface area contributed by atoms with Crippen molar-refractivity contribution in [1.82, 2.24) is 0 Å². The Labute approximate surface area is 111 Å². The SMILES string of the molecule is CBC1COC(COC(C)C)[C@@H](OC(C)C)[C@H]1F. The fourth-order valence-corrected chi connectivity index (χ4v) is 2.16. The van der Waals surface area contributed by atoms with E-state index in [1.807, 2.05) is 34.5 Å². The zero-order valence-corrected chi connectivity index (χ0v) is 12.2. The first kappa shape index (κ1) is 15.9. The number of halogens is 1. The Kier molecular flexibility index (Phi) is 6.60. The molecule has 106 valence electrons. The first-order valence-electron chi connectivity index (χ1n) is 6.98. The van der Waals surface area contributed by atoms with Gasteiger partial charge in [-0.15, -0.1) is 0 Å². The second kappa shape index (κ2) is 7.46. The Morgan fingerprint density at radius 1 is 1.28 bits per heavy atom. The van der Waals surface area contributed by atoms with Gasteiger partial charge in [0.15, 0.2) is 0 Å². The van der Waals surface area contributed by atoms with Gasteiger partial charge in [0.1, 0.15) is 25.7 Å². The molecule has 0 bridgehead atoms. The highest BCUT2D eigenvalue weighted by atomic mass is 19.1. The zero-order valence-electron chi connectivity index (χ0n) is 12.2. The van der Waals surface area contributed by atoms with Gasteiger partial charge in [-0.2, -0.15) is 0 Å². The molecule has 18 heavy (non-hydrogen) atoms. The van der Waals surface area contributed by atoms with Gasteiger partial charge >= 0.3 is 0 Å². The molecule has 0 saturated carbocycles. The molecule has 2 unspecified atom stereocenters. The summed E-state index contributed by atoms with van der Waals surface area (Å²) in [5.74, 6) is -0.0657. The summed E-state index contributed by atoms with van der Waals surface area (Å²) in [6.07, 6.45) is -1.66. The molecule has 1 fully saturated rings. The summed E-state index contributed by atoms with van der Waals surface area (Å²) in [6.45, 7) is 10.6. The maximum atomic E-state index is 14.4. The zero-order chi connectivity index (χ0) is 13.7. The van der Waals surface area contributed by atoms with Gasteiger partial charge in [-0.05, 0) is 33.5 Å². The van der Waals surface area contributed by atoms with Crippen LogP contribution in [-0.2, 0) is 14.2 Å². The average Bonchev–Trinajstić information content (AvgIpc) is 2.29. The summed E-state index contributed by atoms with van der Waals surface area (Å²) in [7, 11) is 0.775. The van der Waals surface area contributed by atoms with Crippen molar-refractivity contribution in [2.24, 2.45) is 0 Å². The van der Waals surface area contributed by atoms with Crippen LogP contribution >= 0.6 is 0 Å². The van der Waals surface area contributed by atoms with E-state index in [1.165, 1.54) is 0 Å². The summed E-state index contributed by atoms with van der Waals surface area (Å²) >= 11 is 0. The van der Waals surface area contributed by atoms with Crippen molar-refractivity contribution in [3.8, 4) is 0 Å². The molecule has 0 spiro atoms. The quantitative estimate of drug-likeness (QED) is 0.685. The van der Waals surface area contributed by atoms with Gasteiger partial charge in [0.05, 0.1) is 18.8 Å². The van der Waals surface area contributed by atoms with Crippen LogP contribution in [0.2, 0.25) is 12.6 Å². The van der Waals surface area contributed by atoms with Gasteiger partial charge in [0.25, 0.3) is 0 Å². The van der Waals surface area contributed by atoms with Gasteiger partial charge in [0, 0.05) is 6.61 Å². The molecule has 1 rings (SSSR count). The second-order valence-corrected chi connectivity index (χ2v) is 5.52. The van der Waals surface area contributed by atoms with Gasteiger partial charge in [-0.1, -0.05) is 6.82 Å². The summed E-state index contributed by atoms with van der Waals surface area (Å²) < 4.78 is 31.4. The molecule has 1 saturated heterocycles. The lowest BCUT2D eigenvalue weighted by Gasteiger charge is -2.39. The number of ether oxygens (including phenoxy) is 3. The Bertz CT molecular complexity index is 238. The van der Waals surface area contributed by atoms with Gasteiger partial charge in [-0.3, -0.25) is 0 Å². The van der Waals surface area contributed by atoms with Crippen molar-refractivity contribution >= 4 is 7.28 Å². The van der Waals surface area contributed by atoms with E-state index in [0.29, 0.717) is 13.2 Å². The van der Waals surface area contributed by atoms with E-state index in [-0.39, 0.29) is 24.1 Å². The molecule has 1 aliphatic rings. The van der Waals surface area contributed by atoms with E-state index in [9.17, 15) is 4.39 Å². The van der Waals surface area contributed by atoms with Crippen molar-refractivity contribution in [2.75, 3.05) is 13.2 Å². The van der Waals surface area contributed by atoms with Crippen LogP contribution in [0, 0.1) is 0 Å². The van der Waals surface area contributed by atoms with Gasteiger partial charge < -0.3 is 14.2 Å². The third-order valence-electron chi connectivity index (χ3n) is 3.20. The molecule has 1 aliphatic heterocycles. The molecular formula is C13H26BFO3. The molecule has 0 aliphatic carbocycles. The maximum Gasteiger partial charge on any atom is 0.127 e. The summed E-state index contributed by atoms with van der Waals surface area (Å²) in [5.41, 5.74) is 0. The molecular weight excluding hydrogens is 234 g/mol. The molecule has 0 N–H and O–H groups in total. The molecule has 4 atom stereocenters. The van der Waals surface area contributed by atoms with Crippen molar-refractivity contribution in [2.45, 2.75) is 70.9 Å². The van der Waals surface area contributed by atoms with Crippen LogP contribution in [0.4, 0.5) is 4.39 Å². The number of rotatable bonds is 6. The predicted octanol–water partition coefficient (Wildman–Crippen LogP) is 2.21. The number of hydrogen-bond acceptors (Lipinski definition) is 3. The highest BCUT2D eigenvalue weighted by Crippen LogP contribution is 2.30. The maximum absolute atomic E-state index is 14.4. The first-order valence-corrected chi connectivity index (χ1v) is 6.98. The molecule has 0 amide bonds. The normalized spacial score (nSPS) is 33.1. The number of alkyl halides is 1. The Morgan fingerprint density at radius 2 is 1.94 bits per heavy atom. The molecule has 1 heterocycles. The minimum absolute atomic E-state index is 0.00555. The fraction of sp³-hybridized carbons (Fsp3) is 1.00. The predicted molar refractivity (Wildman–Crippen MR) is 72.5 cm³/mol. The van der Waals surface area contributed by atoms with Crippen LogP contribution in [0.3, 0.4) is 0 Å². The van der Waals surface area contributed by atoms with Crippen molar-refractivity contribution in [3.63, 3.8) is 0 Å². The van der Waals surface area contributed by atoms with Crippen LogP contribution in [-0.4, -0.2) is 51.1 Å². The lowest BCUT2D eigenvalue weighted by Crippen LogP contribution is -2.51. The van der Waals surface area contributed by atoms with E-state index in [0.717, 1.165) is 7.28 Å². The molecule has 0 aromatic rings. The lowest BCUT2D eigenvalue weighted by atomic mass is 9.63. The highest BCUT2D eigenvalue weighted by molar-refractivity contribution is 6.36. The third kappa shape index (κ3) is 4.52. The number of hydrogen-bond donors (Lipinski definition) is 0. The van der Waals surface area contributed by atoms with Crippen LogP contribution < -0.4 is 0 Å². The van der Waals surface area contributed by atoms with Gasteiger partial charge in [-0.25, -0.2) is 4.39 Å². The van der Waals surface area contributed by atoms with Crippen LogP contribution in [0.1, 0.15) is 27.7 Å². The van der Waals surface area contributed by atoms with E-state index < -0.39 is 12.3 Å². The van der Waals surface area contributed by atoms with Crippen molar-refractivity contribution < 1.29 is 18.6 Å². The standard InChI is InChI=1S/C13H26BFO3/c1-8(2)16-7-11-13(18-9(3)4)12(15)10(14-5)6-17-11/h8-14H,6-7H2,1-5H3/t10?,11?,12-,13+/m0/s1. The second-order valence-electron chi connectivity index (χ2n) is 5.52. The largest absolute Gasteiger partial charge is 0.376 e. The molecule has 0 aromatic heterocycles. The van der Waals surface area contributed by atoms with Crippen LogP contribution in [0.5, 0.6) is 0 Å². The monoisotopic (exact) mass is 260 g/mol. The van der Waals surface area contributed by atoms with E-state index in [1.54, 1.807) is 0 Å². The van der Waals surface area contributed by atoms with E-state index in [4.69, 9.17) is 14.2 Å². The van der Waals surface area contributed by atoms with Crippen LogP contribution in [0.25, 0.3) is 0 Å². The summed E-state index contributed by atoms with van der Waals surface area (Å²) in [4.78, 5) is 0. The first-order chi connectivity index (χ1) is 8.45. The third-order valence-corrected chi connectivity index (χ3v) is 3.20. The molecule has 0 radical (unpaired) electrons. The lowest BCUT2D eigenvalue weighted by molar-refractivity contribution is -0.175. The van der Waals surface area contributed by atoms with Crippen molar-refractivity contribution in [1.29, 1.82) is 0 Å². The topological polar surface area (TPSA) is 27.7 Å².